The lowest BCUT2D eigenvalue weighted by atomic mass is 10.0. The summed E-state index contributed by atoms with van der Waals surface area (Å²) in [6.07, 6.45) is 8.94. The molecule has 7 nitrogen and oxygen atoms in total. The van der Waals surface area contributed by atoms with Gasteiger partial charge < -0.3 is 10.2 Å². The lowest BCUT2D eigenvalue weighted by Crippen LogP contribution is -2.48. The third-order valence-electron chi connectivity index (χ3n) is 3.92. The van der Waals surface area contributed by atoms with E-state index >= 15 is 0 Å². The van der Waals surface area contributed by atoms with E-state index < -0.39 is 0 Å². The molecule has 26 heavy (non-hydrogen) atoms. The molecular formula is C17H23N7S2. The van der Waals surface area contributed by atoms with Crippen LogP contribution in [0, 0.1) is 6.92 Å². The Labute approximate surface area is 161 Å². The molecule has 0 bridgehead atoms. The molecular weight excluding hydrogens is 366 g/mol. The van der Waals surface area contributed by atoms with Crippen molar-refractivity contribution >= 4 is 40.0 Å². The Bertz CT molecular complexity index is 820. The van der Waals surface area contributed by atoms with Gasteiger partial charge in [-0.1, -0.05) is 13.8 Å². The first-order valence-corrected chi connectivity index (χ1v) is 10.6. The molecule has 1 atom stereocenters. The number of nitrogens with zero attached hydrogens (tertiary/aromatic N) is 5. The molecule has 0 saturated carbocycles. The summed E-state index contributed by atoms with van der Waals surface area (Å²) >= 11 is 3.05. The Balaban J connectivity index is 0.000000948. The van der Waals surface area contributed by atoms with Gasteiger partial charge in [0.15, 0.2) is 11.7 Å². The highest BCUT2D eigenvalue weighted by Gasteiger charge is 2.32. The van der Waals surface area contributed by atoms with E-state index in [-0.39, 0.29) is 6.04 Å². The summed E-state index contributed by atoms with van der Waals surface area (Å²) in [4.78, 5) is 11.7. The van der Waals surface area contributed by atoms with Crippen LogP contribution < -0.4 is 5.32 Å². The standard InChI is InChI=1S/C15H17N7S2.C2H6/c1-9-5-12(24-21-9)19-14-15-16-4-3-11(10-6-17-18-7-10)22(15)8-13(20-14)23-2;1-2/h5-8,11H,3-4H2,1-2H3,(H,17,18)(H,19,20);1-2H3. The van der Waals surface area contributed by atoms with Crippen molar-refractivity contribution in [2.75, 3.05) is 12.8 Å². The summed E-state index contributed by atoms with van der Waals surface area (Å²) in [6.45, 7) is 6.74. The number of hydrogen-bond donors (Lipinski definition) is 2. The first-order valence-electron chi connectivity index (χ1n) is 8.61. The minimum absolute atomic E-state index is 0.217. The third-order valence-corrected chi connectivity index (χ3v) is 5.34. The normalized spacial score (nSPS) is 20.5. The van der Waals surface area contributed by atoms with Crippen LogP contribution in [0.25, 0.3) is 0 Å². The van der Waals surface area contributed by atoms with E-state index in [9.17, 15) is 0 Å². The number of aromatic nitrogens is 3. The molecule has 4 heterocycles. The SMILES string of the molecule is CC.CSC1=CN2C(=NCCC2c2cn[nH]c2)/C(=N/c2cc(C)ns2)N1. The first kappa shape index (κ1) is 18.7. The van der Waals surface area contributed by atoms with Crippen molar-refractivity contribution in [1.82, 2.24) is 24.8 Å². The fourth-order valence-electron chi connectivity index (χ4n) is 2.81. The highest BCUT2D eigenvalue weighted by atomic mass is 32.2. The zero-order valence-corrected chi connectivity index (χ0v) is 17.0. The van der Waals surface area contributed by atoms with Crippen molar-refractivity contribution in [3.8, 4) is 0 Å². The molecule has 2 N–H and O–H groups in total. The summed E-state index contributed by atoms with van der Waals surface area (Å²) in [5.74, 6) is 1.65. The maximum Gasteiger partial charge on any atom is 0.175 e. The minimum Gasteiger partial charge on any atom is -0.331 e. The summed E-state index contributed by atoms with van der Waals surface area (Å²) in [6, 6.07) is 2.20. The summed E-state index contributed by atoms with van der Waals surface area (Å²) in [5.41, 5.74) is 2.14. The van der Waals surface area contributed by atoms with Gasteiger partial charge in [0.05, 0.1) is 23.0 Å². The summed E-state index contributed by atoms with van der Waals surface area (Å²) in [5, 5.41) is 12.3. The summed E-state index contributed by atoms with van der Waals surface area (Å²) < 4.78 is 4.30. The van der Waals surface area contributed by atoms with E-state index in [1.165, 1.54) is 11.5 Å². The number of aliphatic imine (C=N–C) groups is 2. The number of hydrogen-bond acceptors (Lipinski definition) is 7. The van der Waals surface area contributed by atoms with E-state index in [0.717, 1.165) is 45.9 Å². The topological polar surface area (TPSA) is 81.6 Å². The van der Waals surface area contributed by atoms with Crippen LogP contribution >= 0.6 is 23.3 Å². The molecule has 2 aromatic heterocycles. The molecule has 0 radical (unpaired) electrons. The van der Waals surface area contributed by atoms with Crippen molar-refractivity contribution < 1.29 is 0 Å². The second-order valence-corrected chi connectivity index (χ2v) is 7.17. The molecule has 2 aliphatic rings. The van der Waals surface area contributed by atoms with E-state index in [0.29, 0.717) is 0 Å². The smallest absolute Gasteiger partial charge is 0.175 e. The van der Waals surface area contributed by atoms with Gasteiger partial charge in [0.2, 0.25) is 0 Å². The predicted octanol–water partition coefficient (Wildman–Crippen LogP) is 3.84. The second kappa shape index (κ2) is 8.50. The molecule has 0 aliphatic carbocycles. The van der Waals surface area contributed by atoms with Crippen LogP contribution in [0.3, 0.4) is 0 Å². The highest BCUT2D eigenvalue weighted by molar-refractivity contribution is 8.02. The molecule has 0 fully saturated rings. The zero-order chi connectivity index (χ0) is 18.5. The molecule has 0 amide bonds. The number of aromatic amines is 1. The zero-order valence-electron chi connectivity index (χ0n) is 15.4. The molecule has 0 spiro atoms. The van der Waals surface area contributed by atoms with Crippen molar-refractivity contribution in [3.63, 3.8) is 0 Å². The predicted molar refractivity (Wildman–Crippen MR) is 110 cm³/mol. The van der Waals surface area contributed by atoms with Crippen LogP contribution in [-0.4, -0.2) is 43.9 Å². The largest absolute Gasteiger partial charge is 0.331 e. The van der Waals surface area contributed by atoms with E-state index in [4.69, 9.17) is 9.98 Å². The number of thioether (sulfide) groups is 1. The van der Waals surface area contributed by atoms with Gasteiger partial charge in [0, 0.05) is 24.5 Å². The van der Waals surface area contributed by atoms with Gasteiger partial charge in [-0.15, -0.1) is 11.8 Å². The van der Waals surface area contributed by atoms with Crippen molar-refractivity contribution in [2.24, 2.45) is 9.98 Å². The molecule has 0 aromatic carbocycles. The highest BCUT2D eigenvalue weighted by Crippen LogP contribution is 2.32. The fraction of sp³-hybridized carbons (Fsp3) is 0.412. The fourth-order valence-corrected chi connectivity index (χ4v) is 3.87. The van der Waals surface area contributed by atoms with Crippen LogP contribution in [0.2, 0.25) is 0 Å². The van der Waals surface area contributed by atoms with Gasteiger partial charge in [-0.3, -0.25) is 10.1 Å². The Morgan fingerprint density at radius 3 is 2.88 bits per heavy atom. The van der Waals surface area contributed by atoms with Crippen molar-refractivity contribution in [2.45, 2.75) is 33.2 Å². The average Bonchev–Trinajstić information content (AvgIpc) is 3.35. The van der Waals surface area contributed by atoms with Gasteiger partial charge in [0.1, 0.15) is 5.00 Å². The number of H-pyrrole nitrogens is 1. The van der Waals surface area contributed by atoms with Crippen LogP contribution in [0.15, 0.2) is 39.7 Å². The Hall–Kier alpha value is -2.13. The Morgan fingerprint density at radius 2 is 2.23 bits per heavy atom. The number of aryl methyl sites for hydroxylation is 1. The first-order chi connectivity index (χ1) is 12.7. The van der Waals surface area contributed by atoms with Gasteiger partial charge in [-0.05, 0) is 37.2 Å². The average molecular weight is 390 g/mol. The second-order valence-electron chi connectivity index (χ2n) is 5.54. The lowest BCUT2D eigenvalue weighted by molar-refractivity contribution is 0.370. The maximum atomic E-state index is 4.75. The van der Waals surface area contributed by atoms with Gasteiger partial charge in [-0.25, -0.2) is 4.99 Å². The number of fused-ring (bicyclic) bond motifs is 1. The van der Waals surface area contributed by atoms with Crippen LogP contribution in [0.5, 0.6) is 0 Å². The molecule has 4 rings (SSSR count). The van der Waals surface area contributed by atoms with E-state index in [1.807, 2.05) is 45.5 Å². The molecule has 9 heteroatoms. The molecule has 2 aromatic rings. The quantitative estimate of drug-likeness (QED) is 0.833. The molecule has 138 valence electrons. The monoisotopic (exact) mass is 389 g/mol. The molecule has 0 saturated heterocycles. The van der Waals surface area contributed by atoms with Gasteiger partial charge in [0.25, 0.3) is 0 Å². The van der Waals surface area contributed by atoms with Crippen LogP contribution in [0.4, 0.5) is 5.00 Å². The van der Waals surface area contributed by atoms with Crippen LogP contribution in [0.1, 0.15) is 37.6 Å². The Kier molecular flexibility index (Phi) is 6.10. The Morgan fingerprint density at radius 1 is 1.38 bits per heavy atom. The van der Waals surface area contributed by atoms with E-state index in [2.05, 4.69) is 31.0 Å². The lowest BCUT2D eigenvalue weighted by Gasteiger charge is -2.38. The maximum absolute atomic E-state index is 4.75. The number of amidine groups is 2. The van der Waals surface area contributed by atoms with Gasteiger partial charge in [-0.2, -0.15) is 9.47 Å². The molecule has 1 unspecified atom stereocenters. The number of rotatable bonds is 3. The van der Waals surface area contributed by atoms with Crippen LogP contribution in [-0.2, 0) is 0 Å². The molecule has 2 aliphatic heterocycles. The van der Waals surface area contributed by atoms with Crippen molar-refractivity contribution in [3.05, 3.63) is 40.9 Å². The minimum atomic E-state index is 0.217. The van der Waals surface area contributed by atoms with Crippen molar-refractivity contribution in [1.29, 1.82) is 0 Å². The van der Waals surface area contributed by atoms with Gasteiger partial charge >= 0.3 is 0 Å². The number of nitrogens with one attached hydrogen (secondary N) is 2. The third kappa shape index (κ3) is 3.83. The van der Waals surface area contributed by atoms with E-state index in [1.54, 1.807) is 11.8 Å². The summed E-state index contributed by atoms with van der Waals surface area (Å²) in [7, 11) is 0.